The Labute approximate surface area is 159 Å². The number of amides is 1. The quantitative estimate of drug-likeness (QED) is 0.889. The standard InChI is InChI=1S/C20H27N5O2/c1-14-5-7-16(8-6-14)18-22-19(27-23-18)15(2)24-10-12-25(13-11-24)20(26)17-4-3-9-21-17/h5-8,15,17,21H,3-4,9-13H2,1-2H3. The van der Waals surface area contributed by atoms with Crippen LogP contribution in [0.4, 0.5) is 0 Å². The maximum Gasteiger partial charge on any atom is 0.244 e. The predicted octanol–water partition coefficient (Wildman–Crippen LogP) is 2.00. The summed E-state index contributed by atoms with van der Waals surface area (Å²) >= 11 is 0. The zero-order valence-electron chi connectivity index (χ0n) is 16.0. The maximum absolute atomic E-state index is 12.5. The first-order valence-corrected chi connectivity index (χ1v) is 9.78. The third kappa shape index (κ3) is 3.89. The summed E-state index contributed by atoms with van der Waals surface area (Å²) < 4.78 is 5.53. The molecular weight excluding hydrogens is 342 g/mol. The van der Waals surface area contributed by atoms with Crippen LogP contribution in [0.5, 0.6) is 0 Å². The highest BCUT2D eigenvalue weighted by atomic mass is 16.5. The Bertz CT molecular complexity index is 774. The van der Waals surface area contributed by atoms with Gasteiger partial charge in [-0.25, -0.2) is 0 Å². The molecule has 1 aromatic carbocycles. The van der Waals surface area contributed by atoms with Gasteiger partial charge in [0.05, 0.1) is 12.1 Å². The third-order valence-corrected chi connectivity index (χ3v) is 5.64. The Balaban J connectivity index is 1.36. The summed E-state index contributed by atoms with van der Waals surface area (Å²) in [6, 6.07) is 8.17. The number of hydrogen-bond acceptors (Lipinski definition) is 6. The molecule has 2 atom stereocenters. The molecule has 4 rings (SSSR count). The zero-order chi connectivity index (χ0) is 18.8. The van der Waals surface area contributed by atoms with Gasteiger partial charge < -0.3 is 14.7 Å². The van der Waals surface area contributed by atoms with Crippen molar-refractivity contribution in [3.05, 3.63) is 35.7 Å². The number of piperazine rings is 1. The van der Waals surface area contributed by atoms with E-state index in [1.54, 1.807) is 0 Å². The van der Waals surface area contributed by atoms with Gasteiger partial charge in [0.15, 0.2) is 0 Å². The van der Waals surface area contributed by atoms with Crippen LogP contribution in [-0.2, 0) is 4.79 Å². The second-order valence-corrected chi connectivity index (χ2v) is 7.51. The highest BCUT2D eigenvalue weighted by molar-refractivity contribution is 5.82. The predicted molar refractivity (Wildman–Crippen MR) is 102 cm³/mol. The molecule has 3 heterocycles. The van der Waals surface area contributed by atoms with E-state index in [4.69, 9.17) is 4.52 Å². The summed E-state index contributed by atoms with van der Waals surface area (Å²) in [5.74, 6) is 1.50. The first-order valence-electron chi connectivity index (χ1n) is 9.78. The van der Waals surface area contributed by atoms with Gasteiger partial charge in [0, 0.05) is 31.7 Å². The number of carbonyl (C=O) groups is 1. The molecule has 2 aliphatic rings. The van der Waals surface area contributed by atoms with Gasteiger partial charge >= 0.3 is 0 Å². The van der Waals surface area contributed by atoms with E-state index in [-0.39, 0.29) is 18.0 Å². The van der Waals surface area contributed by atoms with Crippen molar-refractivity contribution in [1.82, 2.24) is 25.3 Å². The molecule has 2 saturated heterocycles. The van der Waals surface area contributed by atoms with Crippen LogP contribution in [0.1, 0.15) is 37.3 Å². The molecule has 144 valence electrons. The van der Waals surface area contributed by atoms with E-state index in [9.17, 15) is 4.79 Å². The van der Waals surface area contributed by atoms with Crippen molar-refractivity contribution >= 4 is 5.91 Å². The minimum absolute atomic E-state index is 0.0157. The molecule has 1 aromatic heterocycles. The van der Waals surface area contributed by atoms with E-state index in [2.05, 4.69) is 34.2 Å². The molecule has 7 nitrogen and oxygen atoms in total. The largest absolute Gasteiger partial charge is 0.339 e. The van der Waals surface area contributed by atoms with Gasteiger partial charge in [-0.3, -0.25) is 9.69 Å². The second-order valence-electron chi connectivity index (χ2n) is 7.51. The van der Waals surface area contributed by atoms with Gasteiger partial charge in [-0.15, -0.1) is 0 Å². The number of nitrogens with one attached hydrogen (secondary N) is 1. The Morgan fingerprint density at radius 1 is 1.22 bits per heavy atom. The van der Waals surface area contributed by atoms with Gasteiger partial charge in [-0.2, -0.15) is 4.98 Å². The van der Waals surface area contributed by atoms with Crippen molar-refractivity contribution in [3.8, 4) is 11.4 Å². The normalized spacial score (nSPS) is 22.1. The Morgan fingerprint density at radius 2 is 1.96 bits per heavy atom. The fourth-order valence-electron chi connectivity index (χ4n) is 3.83. The van der Waals surface area contributed by atoms with Gasteiger partial charge in [-0.1, -0.05) is 35.0 Å². The van der Waals surface area contributed by atoms with Crippen LogP contribution in [0, 0.1) is 6.92 Å². The van der Waals surface area contributed by atoms with E-state index in [0.29, 0.717) is 11.7 Å². The molecule has 27 heavy (non-hydrogen) atoms. The summed E-state index contributed by atoms with van der Waals surface area (Å²) in [6.07, 6.45) is 2.05. The van der Waals surface area contributed by atoms with E-state index >= 15 is 0 Å². The SMILES string of the molecule is Cc1ccc(-c2noc(C(C)N3CCN(C(=O)C4CCCN4)CC3)n2)cc1. The zero-order valence-corrected chi connectivity index (χ0v) is 16.0. The Hall–Kier alpha value is -2.25. The second kappa shape index (κ2) is 7.78. The van der Waals surface area contributed by atoms with Gasteiger partial charge in [-0.05, 0) is 33.2 Å². The molecular formula is C20H27N5O2. The molecule has 0 spiro atoms. The number of rotatable bonds is 4. The van der Waals surface area contributed by atoms with Crippen molar-refractivity contribution in [2.75, 3.05) is 32.7 Å². The molecule has 2 fully saturated rings. The number of aromatic nitrogens is 2. The van der Waals surface area contributed by atoms with E-state index in [1.807, 2.05) is 29.2 Å². The molecule has 0 radical (unpaired) electrons. The lowest BCUT2D eigenvalue weighted by Gasteiger charge is -2.37. The molecule has 1 amide bonds. The summed E-state index contributed by atoms with van der Waals surface area (Å²) in [5, 5.41) is 7.44. The molecule has 2 aromatic rings. The molecule has 0 saturated carbocycles. The van der Waals surface area contributed by atoms with Gasteiger partial charge in [0.1, 0.15) is 0 Å². The first-order chi connectivity index (χ1) is 13.1. The van der Waals surface area contributed by atoms with E-state index in [1.165, 1.54) is 5.56 Å². The van der Waals surface area contributed by atoms with E-state index < -0.39 is 0 Å². The van der Waals surface area contributed by atoms with Crippen LogP contribution in [0.2, 0.25) is 0 Å². The van der Waals surface area contributed by atoms with Crippen LogP contribution in [0.3, 0.4) is 0 Å². The summed E-state index contributed by atoms with van der Waals surface area (Å²) in [6.45, 7) is 8.24. The topological polar surface area (TPSA) is 74.5 Å². The molecule has 1 N–H and O–H groups in total. The highest BCUT2D eigenvalue weighted by Gasteiger charge is 2.31. The van der Waals surface area contributed by atoms with Gasteiger partial charge in [0.25, 0.3) is 0 Å². The molecule has 2 unspecified atom stereocenters. The van der Waals surface area contributed by atoms with Crippen molar-refractivity contribution in [2.24, 2.45) is 0 Å². The summed E-state index contributed by atoms with van der Waals surface area (Å²) in [7, 11) is 0. The number of nitrogens with zero attached hydrogens (tertiary/aromatic N) is 4. The van der Waals surface area contributed by atoms with Crippen molar-refractivity contribution < 1.29 is 9.32 Å². The number of hydrogen-bond donors (Lipinski definition) is 1. The highest BCUT2D eigenvalue weighted by Crippen LogP contribution is 2.24. The lowest BCUT2D eigenvalue weighted by atomic mass is 10.1. The third-order valence-electron chi connectivity index (χ3n) is 5.64. The number of carbonyl (C=O) groups excluding carboxylic acids is 1. The fourth-order valence-corrected chi connectivity index (χ4v) is 3.83. The monoisotopic (exact) mass is 369 g/mol. The van der Waals surface area contributed by atoms with Crippen LogP contribution >= 0.6 is 0 Å². The molecule has 7 heteroatoms. The number of benzene rings is 1. The molecule has 0 bridgehead atoms. The van der Waals surface area contributed by atoms with Crippen molar-refractivity contribution in [1.29, 1.82) is 0 Å². The van der Waals surface area contributed by atoms with E-state index in [0.717, 1.165) is 51.1 Å². The fraction of sp³-hybridized carbons (Fsp3) is 0.550. The van der Waals surface area contributed by atoms with Crippen LogP contribution in [0.15, 0.2) is 28.8 Å². The lowest BCUT2D eigenvalue weighted by Crippen LogP contribution is -2.53. The molecule has 0 aliphatic carbocycles. The number of aryl methyl sites for hydroxylation is 1. The first kappa shape index (κ1) is 18.1. The Kier molecular flexibility index (Phi) is 5.22. The summed E-state index contributed by atoms with van der Waals surface area (Å²) in [4.78, 5) is 21.4. The lowest BCUT2D eigenvalue weighted by molar-refractivity contribution is -0.135. The minimum Gasteiger partial charge on any atom is -0.339 e. The van der Waals surface area contributed by atoms with Crippen molar-refractivity contribution in [2.45, 2.75) is 38.8 Å². The van der Waals surface area contributed by atoms with Crippen LogP contribution in [-0.4, -0.2) is 64.6 Å². The minimum atomic E-state index is 0.0157. The maximum atomic E-state index is 12.5. The van der Waals surface area contributed by atoms with Crippen LogP contribution in [0.25, 0.3) is 11.4 Å². The molecule has 2 aliphatic heterocycles. The average Bonchev–Trinajstić information content (AvgIpc) is 3.40. The van der Waals surface area contributed by atoms with Crippen molar-refractivity contribution in [3.63, 3.8) is 0 Å². The Morgan fingerprint density at radius 3 is 2.63 bits per heavy atom. The smallest absolute Gasteiger partial charge is 0.244 e. The van der Waals surface area contributed by atoms with Gasteiger partial charge in [0.2, 0.25) is 17.6 Å². The average molecular weight is 369 g/mol. The summed E-state index contributed by atoms with van der Waals surface area (Å²) in [5.41, 5.74) is 2.17. The van der Waals surface area contributed by atoms with Crippen LogP contribution < -0.4 is 5.32 Å².